The Bertz CT molecular complexity index is 1360. The molecule has 0 bridgehead atoms. The minimum Gasteiger partial charge on any atom is -0.493 e. The zero-order chi connectivity index (χ0) is 22.9. The first-order chi connectivity index (χ1) is 16.1. The molecule has 1 aliphatic heterocycles. The number of fused-ring (bicyclic) bond motifs is 2. The molecule has 3 aromatic carbocycles. The Balaban J connectivity index is 1.54. The van der Waals surface area contributed by atoms with Gasteiger partial charge in [0.15, 0.2) is 17.3 Å². The lowest BCUT2D eigenvalue weighted by atomic mass is 9.97. The number of benzene rings is 3. The number of carbonyl (C=O) groups excluding carboxylic acids is 1. The standard InChI is InChI=1S/C26H22FN3O3/c1-32-22-12-9-17-15-30(14-13-19(17)24(22)33-2)26(31)23-20-5-3-4-6-21(20)28-25(29-23)16-7-10-18(27)11-8-16/h3-12H,13-15H2,1-2H3. The molecule has 33 heavy (non-hydrogen) atoms. The van der Waals surface area contributed by atoms with Gasteiger partial charge in [0.2, 0.25) is 0 Å². The highest BCUT2D eigenvalue weighted by Crippen LogP contribution is 2.36. The number of methoxy groups -OCH3 is 2. The summed E-state index contributed by atoms with van der Waals surface area (Å²) in [6.07, 6.45) is 0.648. The van der Waals surface area contributed by atoms with Crippen LogP contribution >= 0.6 is 0 Å². The Morgan fingerprint density at radius 3 is 2.52 bits per heavy atom. The fraction of sp³-hybridized carbons (Fsp3) is 0.192. The maximum Gasteiger partial charge on any atom is 0.273 e. The topological polar surface area (TPSA) is 64.6 Å². The molecule has 166 valence electrons. The maximum atomic E-state index is 13.7. The van der Waals surface area contributed by atoms with E-state index in [1.165, 1.54) is 12.1 Å². The number of para-hydroxylation sites is 1. The molecule has 0 saturated carbocycles. The van der Waals surface area contributed by atoms with Gasteiger partial charge >= 0.3 is 0 Å². The SMILES string of the molecule is COc1ccc2c(c1OC)CCN(C(=O)c1nc(-c3ccc(F)cc3)nc3ccccc13)C2. The Hall–Kier alpha value is -4.00. The third kappa shape index (κ3) is 3.75. The number of rotatable bonds is 4. The van der Waals surface area contributed by atoms with Gasteiger partial charge in [-0.2, -0.15) is 0 Å². The second-order valence-corrected chi connectivity index (χ2v) is 7.84. The average molecular weight is 443 g/mol. The lowest BCUT2D eigenvalue weighted by Gasteiger charge is -2.30. The van der Waals surface area contributed by atoms with Gasteiger partial charge < -0.3 is 14.4 Å². The highest BCUT2D eigenvalue weighted by molar-refractivity contribution is 6.05. The largest absolute Gasteiger partial charge is 0.493 e. The zero-order valence-electron chi connectivity index (χ0n) is 18.3. The molecule has 6 nitrogen and oxygen atoms in total. The summed E-state index contributed by atoms with van der Waals surface area (Å²) in [5, 5.41) is 0.687. The van der Waals surface area contributed by atoms with Crippen LogP contribution < -0.4 is 9.47 Å². The van der Waals surface area contributed by atoms with E-state index in [0.717, 1.165) is 11.1 Å². The van der Waals surface area contributed by atoms with Crippen molar-refractivity contribution in [2.24, 2.45) is 0 Å². The van der Waals surface area contributed by atoms with Crippen LogP contribution in [0.15, 0.2) is 60.7 Å². The van der Waals surface area contributed by atoms with Crippen molar-refractivity contribution >= 4 is 16.8 Å². The minimum atomic E-state index is -0.338. The smallest absolute Gasteiger partial charge is 0.273 e. The summed E-state index contributed by atoms with van der Waals surface area (Å²) in [6.45, 7) is 0.971. The van der Waals surface area contributed by atoms with Crippen LogP contribution in [0.25, 0.3) is 22.3 Å². The first-order valence-electron chi connectivity index (χ1n) is 10.6. The van der Waals surface area contributed by atoms with E-state index in [1.807, 2.05) is 36.4 Å². The first-order valence-corrected chi connectivity index (χ1v) is 10.6. The number of amides is 1. The lowest BCUT2D eigenvalue weighted by molar-refractivity contribution is 0.0730. The minimum absolute atomic E-state index is 0.169. The van der Waals surface area contributed by atoms with Crippen LogP contribution in [0, 0.1) is 5.82 Å². The van der Waals surface area contributed by atoms with Crippen molar-refractivity contribution in [2.45, 2.75) is 13.0 Å². The molecule has 7 heteroatoms. The van der Waals surface area contributed by atoms with E-state index < -0.39 is 0 Å². The van der Waals surface area contributed by atoms with Crippen molar-refractivity contribution in [3.05, 3.63) is 83.3 Å². The number of hydrogen-bond acceptors (Lipinski definition) is 5. The van der Waals surface area contributed by atoms with Gasteiger partial charge in [0, 0.05) is 29.6 Å². The van der Waals surface area contributed by atoms with E-state index in [2.05, 4.69) is 9.97 Å². The van der Waals surface area contributed by atoms with Gasteiger partial charge in [0.25, 0.3) is 5.91 Å². The van der Waals surface area contributed by atoms with Crippen LogP contribution in [0.1, 0.15) is 21.6 Å². The third-order valence-corrected chi connectivity index (χ3v) is 5.93. The zero-order valence-corrected chi connectivity index (χ0v) is 18.3. The number of ether oxygens (including phenoxy) is 2. The summed E-state index contributed by atoms with van der Waals surface area (Å²) in [5.74, 6) is 1.28. The monoisotopic (exact) mass is 443 g/mol. The van der Waals surface area contributed by atoms with Crippen LogP contribution in [0.5, 0.6) is 11.5 Å². The van der Waals surface area contributed by atoms with Crippen molar-refractivity contribution in [1.82, 2.24) is 14.9 Å². The summed E-state index contributed by atoms with van der Waals surface area (Å²) in [6, 6.07) is 17.2. The second-order valence-electron chi connectivity index (χ2n) is 7.84. The molecule has 2 heterocycles. The molecule has 0 radical (unpaired) electrons. The summed E-state index contributed by atoms with van der Waals surface area (Å²) >= 11 is 0. The Labute approximate surface area is 190 Å². The second kappa shape index (κ2) is 8.50. The van der Waals surface area contributed by atoms with E-state index >= 15 is 0 Å². The molecule has 0 N–H and O–H groups in total. The molecule has 0 unspecified atom stereocenters. The van der Waals surface area contributed by atoms with E-state index in [4.69, 9.17) is 9.47 Å². The van der Waals surface area contributed by atoms with Gasteiger partial charge in [0.1, 0.15) is 11.5 Å². The molecule has 0 fully saturated rings. The van der Waals surface area contributed by atoms with Crippen LogP contribution in [-0.4, -0.2) is 41.5 Å². The molecule has 1 aromatic heterocycles. The quantitative estimate of drug-likeness (QED) is 0.459. The first kappa shape index (κ1) is 20.9. The van der Waals surface area contributed by atoms with Crippen LogP contribution in [0.2, 0.25) is 0 Å². The summed E-state index contributed by atoms with van der Waals surface area (Å²) < 4.78 is 24.4. The third-order valence-electron chi connectivity index (χ3n) is 5.93. The van der Waals surface area contributed by atoms with Crippen molar-refractivity contribution in [2.75, 3.05) is 20.8 Å². The summed E-state index contributed by atoms with van der Waals surface area (Å²) in [5.41, 5.74) is 3.73. The van der Waals surface area contributed by atoms with Gasteiger partial charge in [-0.1, -0.05) is 24.3 Å². The van der Waals surface area contributed by atoms with Gasteiger partial charge in [-0.15, -0.1) is 0 Å². The van der Waals surface area contributed by atoms with Crippen LogP contribution in [0.3, 0.4) is 0 Å². The molecular formula is C26H22FN3O3. The molecule has 0 aliphatic carbocycles. The number of nitrogens with zero attached hydrogens (tertiary/aromatic N) is 3. The van der Waals surface area contributed by atoms with Crippen molar-refractivity contribution in [3.8, 4) is 22.9 Å². The predicted molar refractivity (Wildman–Crippen MR) is 123 cm³/mol. The molecule has 5 rings (SSSR count). The fourth-order valence-corrected chi connectivity index (χ4v) is 4.28. The number of aromatic nitrogens is 2. The van der Waals surface area contributed by atoms with Crippen molar-refractivity contribution in [1.29, 1.82) is 0 Å². The molecule has 0 spiro atoms. The van der Waals surface area contributed by atoms with Crippen molar-refractivity contribution < 1.29 is 18.7 Å². The molecule has 1 aliphatic rings. The molecule has 4 aromatic rings. The molecule has 0 saturated heterocycles. The maximum absolute atomic E-state index is 13.7. The Morgan fingerprint density at radius 1 is 0.970 bits per heavy atom. The van der Waals surface area contributed by atoms with Crippen LogP contribution in [-0.2, 0) is 13.0 Å². The van der Waals surface area contributed by atoms with Crippen molar-refractivity contribution in [3.63, 3.8) is 0 Å². The highest BCUT2D eigenvalue weighted by atomic mass is 19.1. The predicted octanol–water partition coefficient (Wildman–Crippen LogP) is 4.65. The number of hydrogen-bond donors (Lipinski definition) is 0. The number of halogens is 1. The van der Waals surface area contributed by atoms with Gasteiger partial charge in [-0.05, 0) is 48.4 Å². The fourth-order valence-electron chi connectivity index (χ4n) is 4.28. The Morgan fingerprint density at radius 2 is 1.76 bits per heavy atom. The van der Waals surface area contributed by atoms with Crippen LogP contribution in [0.4, 0.5) is 4.39 Å². The van der Waals surface area contributed by atoms with E-state index in [9.17, 15) is 9.18 Å². The van der Waals surface area contributed by atoms with E-state index in [0.29, 0.717) is 59.0 Å². The van der Waals surface area contributed by atoms with Gasteiger partial charge in [-0.25, -0.2) is 14.4 Å². The molecule has 0 atom stereocenters. The normalized spacial score (nSPS) is 13.0. The summed E-state index contributed by atoms with van der Waals surface area (Å²) in [7, 11) is 3.24. The van der Waals surface area contributed by atoms with E-state index in [-0.39, 0.29) is 11.7 Å². The number of carbonyl (C=O) groups is 1. The Kier molecular flexibility index (Phi) is 5.38. The lowest BCUT2D eigenvalue weighted by Crippen LogP contribution is -2.36. The average Bonchev–Trinajstić information content (AvgIpc) is 2.86. The molecular weight excluding hydrogens is 421 g/mol. The van der Waals surface area contributed by atoms with Gasteiger partial charge in [-0.3, -0.25) is 4.79 Å². The summed E-state index contributed by atoms with van der Waals surface area (Å²) in [4.78, 5) is 24.7. The molecule has 1 amide bonds. The van der Waals surface area contributed by atoms with E-state index in [1.54, 1.807) is 31.3 Å². The van der Waals surface area contributed by atoms with Gasteiger partial charge in [0.05, 0.1) is 19.7 Å². The highest BCUT2D eigenvalue weighted by Gasteiger charge is 2.28.